The second kappa shape index (κ2) is 9.35. The van der Waals surface area contributed by atoms with Crippen molar-refractivity contribution < 1.29 is 31.5 Å². The van der Waals surface area contributed by atoms with E-state index in [9.17, 15) is 31.5 Å². The third-order valence-corrected chi connectivity index (χ3v) is 4.59. The fraction of sp³-hybridized carbons (Fsp3) is 0.238. The molecule has 2 aromatic heterocycles. The number of aromatic amines is 1. The van der Waals surface area contributed by atoms with Crippen LogP contribution >= 0.6 is 0 Å². The lowest BCUT2D eigenvalue weighted by molar-refractivity contribution is -0.137. The van der Waals surface area contributed by atoms with Crippen LogP contribution in [0.5, 0.6) is 0 Å². The van der Waals surface area contributed by atoms with Gasteiger partial charge in [0, 0.05) is 19.7 Å². The lowest BCUT2D eigenvalue weighted by Crippen LogP contribution is -2.21. The van der Waals surface area contributed by atoms with Crippen LogP contribution in [0.2, 0.25) is 0 Å². The van der Waals surface area contributed by atoms with E-state index in [1.807, 2.05) is 0 Å². The highest BCUT2D eigenvalue weighted by Crippen LogP contribution is 2.31. The van der Waals surface area contributed by atoms with Crippen LogP contribution < -0.4 is 10.6 Å². The standard InChI is InChI=1S/C21H18F5N5O2/c1-10-16(13-3-5-14(6-4-13)21(24,25)26)30-20(29-10)31-19(33)15-7-12(8-27-11(2)32)9-28-17(15)18(22)23/h3-7,9,18H,8H2,1-2H3,(H,27,32)(H2,29,30,31,33). The Hall–Kier alpha value is -3.83. The van der Waals surface area contributed by atoms with Gasteiger partial charge >= 0.3 is 6.18 Å². The molecule has 3 aromatic rings. The molecule has 0 atom stereocenters. The van der Waals surface area contributed by atoms with Crippen molar-refractivity contribution in [2.24, 2.45) is 0 Å². The van der Waals surface area contributed by atoms with Gasteiger partial charge in [-0.05, 0) is 36.2 Å². The minimum Gasteiger partial charge on any atom is -0.352 e. The summed E-state index contributed by atoms with van der Waals surface area (Å²) in [4.78, 5) is 34.3. The van der Waals surface area contributed by atoms with Crippen molar-refractivity contribution in [1.82, 2.24) is 20.3 Å². The highest BCUT2D eigenvalue weighted by Gasteiger charge is 2.30. The van der Waals surface area contributed by atoms with E-state index in [0.29, 0.717) is 22.5 Å². The largest absolute Gasteiger partial charge is 0.416 e. The third-order valence-electron chi connectivity index (χ3n) is 4.59. The zero-order chi connectivity index (χ0) is 24.3. The highest BCUT2D eigenvalue weighted by molar-refractivity contribution is 6.04. The van der Waals surface area contributed by atoms with Crippen molar-refractivity contribution in [3.8, 4) is 11.3 Å². The Balaban J connectivity index is 1.85. The van der Waals surface area contributed by atoms with Crippen molar-refractivity contribution in [3.63, 3.8) is 0 Å². The molecule has 12 heteroatoms. The third kappa shape index (κ3) is 5.70. The van der Waals surface area contributed by atoms with E-state index in [0.717, 1.165) is 18.3 Å². The molecule has 3 rings (SSSR count). The molecule has 7 nitrogen and oxygen atoms in total. The number of pyridine rings is 1. The lowest BCUT2D eigenvalue weighted by atomic mass is 10.1. The number of benzene rings is 1. The maximum atomic E-state index is 13.4. The highest BCUT2D eigenvalue weighted by atomic mass is 19.4. The van der Waals surface area contributed by atoms with E-state index in [4.69, 9.17) is 0 Å². The van der Waals surface area contributed by atoms with E-state index in [2.05, 4.69) is 25.6 Å². The monoisotopic (exact) mass is 467 g/mol. The van der Waals surface area contributed by atoms with Crippen molar-refractivity contribution in [2.75, 3.05) is 5.32 Å². The van der Waals surface area contributed by atoms with E-state index in [-0.39, 0.29) is 18.4 Å². The Kier molecular flexibility index (Phi) is 6.75. The van der Waals surface area contributed by atoms with Crippen molar-refractivity contribution in [2.45, 2.75) is 33.0 Å². The van der Waals surface area contributed by atoms with Gasteiger partial charge in [-0.15, -0.1) is 0 Å². The number of nitrogens with one attached hydrogen (secondary N) is 3. The molecule has 0 bridgehead atoms. The number of carbonyl (C=O) groups is 2. The van der Waals surface area contributed by atoms with Crippen LogP contribution in [0.1, 0.15) is 46.2 Å². The molecule has 3 N–H and O–H groups in total. The predicted octanol–water partition coefficient (Wildman–Crippen LogP) is 4.62. The molecule has 0 saturated carbocycles. The minimum atomic E-state index is -4.48. The molecule has 0 aliphatic rings. The fourth-order valence-corrected chi connectivity index (χ4v) is 3.00. The van der Waals surface area contributed by atoms with Crippen molar-refractivity contribution >= 4 is 17.8 Å². The molecule has 2 amide bonds. The summed E-state index contributed by atoms with van der Waals surface area (Å²) in [7, 11) is 0. The summed E-state index contributed by atoms with van der Waals surface area (Å²) in [5.41, 5.74) is -0.518. The van der Waals surface area contributed by atoms with Crippen LogP contribution in [0.15, 0.2) is 36.5 Å². The summed E-state index contributed by atoms with van der Waals surface area (Å²) < 4.78 is 65.0. The van der Waals surface area contributed by atoms with Crippen molar-refractivity contribution in [1.29, 1.82) is 0 Å². The predicted molar refractivity (Wildman–Crippen MR) is 108 cm³/mol. The molecule has 2 heterocycles. The lowest BCUT2D eigenvalue weighted by Gasteiger charge is -2.10. The van der Waals surface area contributed by atoms with Gasteiger partial charge in [0.25, 0.3) is 12.3 Å². The molecular weight excluding hydrogens is 449 g/mol. The number of aromatic nitrogens is 3. The van der Waals surface area contributed by atoms with Crippen LogP contribution in [0.4, 0.5) is 27.9 Å². The molecule has 0 aliphatic carbocycles. The van der Waals surface area contributed by atoms with Gasteiger partial charge in [-0.25, -0.2) is 13.8 Å². The summed E-state index contributed by atoms with van der Waals surface area (Å²) in [5, 5.41) is 4.85. The molecule has 0 spiro atoms. The first-order valence-corrected chi connectivity index (χ1v) is 9.52. The number of aryl methyl sites for hydroxylation is 1. The normalized spacial score (nSPS) is 11.5. The summed E-state index contributed by atoms with van der Waals surface area (Å²) in [6.07, 6.45) is -6.37. The van der Waals surface area contributed by atoms with Gasteiger partial charge in [0.2, 0.25) is 11.9 Å². The maximum absolute atomic E-state index is 13.4. The maximum Gasteiger partial charge on any atom is 0.416 e. The summed E-state index contributed by atoms with van der Waals surface area (Å²) >= 11 is 0. The molecule has 1 aromatic carbocycles. The van der Waals surface area contributed by atoms with Gasteiger partial charge in [0.1, 0.15) is 5.69 Å². The Morgan fingerprint density at radius 3 is 2.39 bits per heavy atom. The molecule has 0 fully saturated rings. The number of hydrogen-bond donors (Lipinski definition) is 3. The van der Waals surface area contributed by atoms with E-state index in [1.165, 1.54) is 25.1 Å². The Bertz CT molecular complexity index is 1170. The Labute approximate surface area is 184 Å². The number of carbonyl (C=O) groups excluding carboxylic acids is 2. The zero-order valence-corrected chi connectivity index (χ0v) is 17.3. The topological polar surface area (TPSA) is 99.8 Å². The Morgan fingerprint density at radius 1 is 1.15 bits per heavy atom. The Morgan fingerprint density at radius 2 is 1.82 bits per heavy atom. The molecule has 0 aliphatic heterocycles. The number of H-pyrrole nitrogens is 1. The number of anilines is 1. The number of imidazole rings is 1. The minimum absolute atomic E-state index is 0.00986. The van der Waals surface area contributed by atoms with Crippen LogP contribution in [0, 0.1) is 6.92 Å². The average molecular weight is 467 g/mol. The molecule has 33 heavy (non-hydrogen) atoms. The summed E-state index contributed by atoms with van der Waals surface area (Å²) in [6, 6.07) is 5.51. The second-order valence-corrected chi connectivity index (χ2v) is 7.06. The first kappa shape index (κ1) is 23.8. The van der Waals surface area contributed by atoms with E-state index in [1.54, 1.807) is 6.92 Å². The van der Waals surface area contributed by atoms with Gasteiger partial charge in [0.15, 0.2) is 0 Å². The average Bonchev–Trinajstić information content (AvgIpc) is 3.11. The van der Waals surface area contributed by atoms with Gasteiger partial charge in [-0.2, -0.15) is 13.2 Å². The molecular formula is C21H18F5N5O2. The van der Waals surface area contributed by atoms with Crippen LogP contribution in [0.3, 0.4) is 0 Å². The smallest absolute Gasteiger partial charge is 0.352 e. The zero-order valence-electron chi connectivity index (χ0n) is 17.3. The molecule has 0 unspecified atom stereocenters. The number of hydrogen-bond acceptors (Lipinski definition) is 4. The van der Waals surface area contributed by atoms with Crippen LogP contribution in [-0.4, -0.2) is 26.8 Å². The number of rotatable bonds is 6. The van der Waals surface area contributed by atoms with Crippen molar-refractivity contribution in [3.05, 3.63) is 64.6 Å². The SMILES string of the molecule is CC(=O)NCc1cnc(C(F)F)c(C(=O)Nc2nc(C)c(-c3ccc(C(F)(F)F)cc3)[nH]2)c1. The quantitative estimate of drug-likeness (QED) is 0.461. The number of halogens is 5. The number of alkyl halides is 5. The number of amides is 2. The van der Waals surface area contributed by atoms with Crippen LogP contribution in [0.25, 0.3) is 11.3 Å². The molecule has 0 saturated heterocycles. The molecule has 174 valence electrons. The second-order valence-electron chi connectivity index (χ2n) is 7.06. The van der Waals surface area contributed by atoms with Gasteiger partial charge in [0.05, 0.1) is 22.5 Å². The van der Waals surface area contributed by atoms with Gasteiger partial charge in [-0.3, -0.25) is 19.9 Å². The molecule has 0 radical (unpaired) electrons. The van der Waals surface area contributed by atoms with Gasteiger partial charge < -0.3 is 10.3 Å². The number of nitrogens with zero attached hydrogens (tertiary/aromatic N) is 2. The first-order valence-electron chi connectivity index (χ1n) is 9.52. The van der Waals surface area contributed by atoms with E-state index < -0.39 is 35.3 Å². The van der Waals surface area contributed by atoms with E-state index >= 15 is 0 Å². The first-order chi connectivity index (χ1) is 15.5. The van der Waals surface area contributed by atoms with Crippen LogP contribution in [-0.2, 0) is 17.5 Å². The fourth-order valence-electron chi connectivity index (χ4n) is 3.00. The van der Waals surface area contributed by atoms with Gasteiger partial charge in [-0.1, -0.05) is 12.1 Å². The summed E-state index contributed by atoms with van der Waals surface area (Å²) in [6.45, 7) is 2.84. The summed E-state index contributed by atoms with van der Waals surface area (Å²) in [5.74, 6) is -1.35.